The molecule has 2 aliphatic heterocycles. The van der Waals surface area contributed by atoms with E-state index in [4.69, 9.17) is 0 Å². The second-order valence-electron chi connectivity index (χ2n) is 9.17. The number of amides is 2. The summed E-state index contributed by atoms with van der Waals surface area (Å²) >= 11 is 3.54. The van der Waals surface area contributed by atoms with Gasteiger partial charge in [0, 0.05) is 53.6 Å². The lowest BCUT2D eigenvalue weighted by Crippen LogP contribution is -2.46. The number of nitrogens with zero attached hydrogens (tertiary/aromatic N) is 3. The molecule has 0 N–H and O–H groups in total. The smallest absolute Gasteiger partial charge is 0.255 e. The number of rotatable bonds is 3. The molecule has 0 unspecified atom stereocenters. The number of carbonyl (C=O) groups excluding carboxylic acids is 2. The number of piperidine rings is 2. The van der Waals surface area contributed by atoms with Crippen molar-refractivity contribution in [3.63, 3.8) is 0 Å². The first-order valence-corrected chi connectivity index (χ1v) is 12.2. The Kier molecular flexibility index (Phi) is 6.56. The summed E-state index contributed by atoms with van der Waals surface area (Å²) in [5, 5.41) is 0. The normalized spacial score (nSPS) is 18.5. The van der Waals surface area contributed by atoms with Crippen LogP contribution in [0.3, 0.4) is 0 Å². The molecule has 3 heterocycles. The van der Waals surface area contributed by atoms with Gasteiger partial charge in [-0.05, 0) is 69.7 Å². The van der Waals surface area contributed by atoms with Crippen molar-refractivity contribution in [2.75, 3.05) is 26.2 Å². The monoisotopic (exact) mass is 485 g/mol. The van der Waals surface area contributed by atoms with Gasteiger partial charge >= 0.3 is 0 Å². The van der Waals surface area contributed by atoms with Crippen LogP contribution >= 0.6 is 15.9 Å². The Morgan fingerprint density at radius 1 is 0.935 bits per heavy atom. The van der Waals surface area contributed by atoms with E-state index >= 15 is 0 Å². The molecule has 0 saturated carbocycles. The highest BCUT2D eigenvalue weighted by atomic mass is 79.9. The van der Waals surface area contributed by atoms with Crippen LogP contribution in [0.25, 0.3) is 5.69 Å². The molecule has 0 bridgehead atoms. The lowest BCUT2D eigenvalue weighted by Gasteiger charge is -2.36. The Morgan fingerprint density at radius 2 is 1.58 bits per heavy atom. The van der Waals surface area contributed by atoms with Gasteiger partial charge in [0.1, 0.15) is 0 Å². The molecule has 166 valence electrons. The van der Waals surface area contributed by atoms with E-state index in [0.717, 1.165) is 71.8 Å². The molecule has 1 aromatic heterocycles. The second kappa shape index (κ2) is 9.19. The number of aromatic nitrogens is 1. The van der Waals surface area contributed by atoms with Gasteiger partial charge in [-0.15, -0.1) is 0 Å². The van der Waals surface area contributed by atoms with Crippen LogP contribution in [0.1, 0.15) is 54.4 Å². The number of likely N-dealkylation sites (tertiary alicyclic amines) is 2. The van der Waals surface area contributed by atoms with Gasteiger partial charge < -0.3 is 14.4 Å². The molecule has 0 atom stereocenters. The average molecular weight is 486 g/mol. The van der Waals surface area contributed by atoms with E-state index in [1.54, 1.807) is 0 Å². The molecule has 2 amide bonds. The molecule has 2 saturated heterocycles. The van der Waals surface area contributed by atoms with Crippen molar-refractivity contribution in [2.24, 2.45) is 11.8 Å². The summed E-state index contributed by atoms with van der Waals surface area (Å²) in [5.74, 6) is 1.16. The van der Waals surface area contributed by atoms with Crippen LogP contribution in [0.15, 0.2) is 34.8 Å². The Hall–Kier alpha value is -2.08. The summed E-state index contributed by atoms with van der Waals surface area (Å²) < 4.78 is 3.14. The third-order valence-corrected chi connectivity index (χ3v) is 7.45. The van der Waals surface area contributed by atoms with Crippen LogP contribution in [0.4, 0.5) is 0 Å². The summed E-state index contributed by atoms with van der Waals surface area (Å²) in [7, 11) is 0. The SMILES string of the molecule is Cc1cc(C(=O)N2CCC(C(=O)N3CCC(C)CC3)CC2)c(C)n1-c1cccc(Br)c1. The van der Waals surface area contributed by atoms with Gasteiger partial charge in [-0.1, -0.05) is 28.9 Å². The molecule has 0 spiro atoms. The van der Waals surface area contributed by atoms with Crippen LogP contribution in [0.2, 0.25) is 0 Å². The zero-order chi connectivity index (χ0) is 22.1. The van der Waals surface area contributed by atoms with Gasteiger partial charge in [-0.3, -0.25) is 9.59 Å². The lowest BCUT2D eigenvalue weighted by molar-refractivity contribution is -0.138. The summed E-state index contributed by atoms with van der Waals surface area (Å²) in [6, 6.07) is 10.1. The van der Waals surface area contributed by atoms with Crippen LogP contribution in [0.5, 0.6) is 0 Å². The molecule has 2 aliphatic rings. The van der Waals surface area contributed by atoms with E-state index < -0.39 is 0 Å². The van der Waals surface area contributed by atoms with Gasteiger partial charge in [-0.2, -0.15) is 0 Å². The minimum Gasteiger partial charge on any atom is -0.342 e. The number of hydrogen-bond acceptors (Lipinski definition) is 2. The minimum absolute atomic E-state index is 0.0616. The molecular weight excluding hydrogens is 454 g/mol. The third-order valence-electron chi connectivity index (χ3n) is 6.95. The molecule has 5 nitrogen and oxygen atoms in total. The highest BCUT2D eigenvalue weighted by Crippen LogP contribution is 2.27. The molecular formula is C25H32BrN3O2. The number of aryl methyl sites for hydroxylation is 1. The van der Waals surface area contributed by atoms with Crippen molar-refractivity contribution in [2.45, 2.75) is 46.5 Å². The maximum absolute atomic E-state index is 13.3. The van der Waals surface area contributed by atoms with Crippen LogP contribution < -0.4 is 0 Å². The zero-order valence-corrected chi connectivity index (χ0v) is 20.3. The van der Waals surface area contributed by atoms with Crippen molar-refractivity contribution in [1.29, 1.82) is 0 Å². The van der Waals surface area contributed by atoms with E-state index in [-0.39, 0.29) is 11.8 Å². The van der Waals surface area contributed by atoms with E-state index in [0.29, 0.717) is 19.0 Å². The van der Waals surface area contributed by atoms with E-state index in [9.17, 15) is 9.59 Å². The first kappa shape index (κ1) is 22.1. The molecule has 2 aromatic rings. The first-order chi connectivity index (χ1) is 14.8. The lowest BCUT2D eigenvalue weighted by atomic mass is 9.92. The number of hydrogen-bond donors (Lipinski definition) is 0. The zero-order valence-electron chi connectivity index (χ0n) is 18.7. The van der Waals surface area contributed by atoms with E-state index in [1.807, 2.05) is 41.8 Å². The number of halogens is 1. The molecule has 31 heavy (non-hydrogen) atoms. The topological polar surface area (TPSA) is 45.6 Å². The summed E-state index contributed by atoms with van der Waals surface area (Å²) in [6.45, 7) is 9.39. The fraction of sp³-hybridized carbons (Fsp3) is 0.520. The molecule has 2 fully saturated rings. The maximum Gasteiger partial charge on any atom is 0.255 e. The van der Waals surface area contributed by atoms with E-state index in [1.165, 1.54) is 0 Å². The van der Waals surface area contributed by atoms with Gasteiger partial charge in [0.25, 0.3) is 5.91 Å². The van der Waals surface area contributed by atoms with Gasteiger partial charge in [0.15, 0.2) is 0 Å². The number of benzene rings is 1. The van der Waals surface area contributed by atoms with Gasteiger partial charge in [-0.25, -0.2) is 0 Å². The largest absolute Gasteiger partial charge is 0.342 e. The van der Waals surface area contributed by atoms with Crippen molar-refractivity contribution in [3.8, 4) is 5.69 Å². The highest BCUT2D eigenvalue weighted by molar-refractivity contribution is 9.10. The summed E-state index contributed by atoms with van der Waals surface area (Å²) in [5.41, 5.74) is 3.81. The first-order valence-electron chi connectivity index (χ1n) is 11.4. The average Bonchev–Trinajstić information content (AvgIpc) is 3.07. The fourth-order valence-corrected chi connectivity index (χ4v) is 5.37. The fourth-order valence-electron chi connectivity index (χ4n) is 4.98. The van der Waals surface area contributed by atoms with Crippen LogP contribution in [-0.2, 0) is 4.79 Å². The molecule has 4 rings (SSSR count). The Labute approximate surface area is 193 Å². The van der Waals surface area contributed by atoms with Gasteiger partial charge in [0.2, 0.25) is 5.91 Å². The molecule has 0 aliphatic carbocycles. The standard InChI is InChI=1S/C25H32BrN3O2/c1-17-7-11-27(12-8-17)24(30)20-9-13-28(14-10-20)25(31)23-15-18(2)29(19(23)3)22-6-4-5-21(26)16-22/h4-6,15-17,20H,7-14H2,1-3H3. The summed E-state index contributed by atoms with van der Waals surface area (Å²) in [6.07, 6.45) is 3.75. The van der Waals surface area contributed by atoms with E-state index in [2.05, 4.69) is 39.6 Å². The molecule has 6 heteroatoms. The van der Waals surface area contributed by atoms with Crippen molar-refractivity contribution in [3.05, 3.63) is 51.8 Å². The summed E-state index contributed by atoms with van der Waals surface area (Å²) in [4.78, 5) is 30.2. The van der Waals surface area contributed by atoms with Crippen molar-refractivity contribution < 1.29 is 9.59 Å². The quantitative estimate of drug-likeness (QED) is 0.615. The number of carbonyl (C=O) groups is 2. The molecule has 1 aromatic carbocycles. The predicted molar refractivity (Wildman–Crippen MR) is 127 cm³/mol. The van der Waals surface area contributed by atoms with Crippen LogP contribution in [0, 0.1) is 25.7 Å². The highest BCUT2D eigenvalue weighted by Gasteiger charge is 2.32. The van der Waals surface area contributed by atoms with Gasteiger partial charge in [0.05, 0.1) is 5.56 Å². The Bertz CT molecular complexity index is 967. The maximum atomic E-state index is 13.3. The van der Waals surface area contributed by atoms with Crippen LogP contribution in [-0.4, -0.2) is 52.4 Å². The second-order valence-corrected chi connectivity index (χ2v) is 10.1. The molecule has 0 radical (unpaired) electrons. The Morgan fingerprint density at radius 3 is 2.23 bits per heavy atom. The Balaban J connectivity index is 1.42. The van der Waals surface area contributed by atoms with Crippen molar-refractivity contribution in [1.82, 2.24) is 14.4 Å². The van der Waals surface area contributed by atoms with Crippen molar-refractivity contribution >= 4 is 27.7 Å². The third kappa shape index (κ3) is 4.59. The minimum atomic E-state index is 0.0616. The predicted octanol–water partition coefficient (Wildman–Crippen LogP) is 4.97.